The fourth-order valence-electron chi connectivity index (χ4n) is 2.70. The van der Waals surface area contributed by atoms with Crippen LogP contribution in [0.15, 0.2) is 53.0 Å². The van der Waals surface area contributed by atoms with E-state index in [-0.39, 0.29) is 30.5 Å². The highest BCUT2D eigenvalue weighted by atomic mass is 32.2. The molecule has 0 amide bonds. The van der Waals surface area contributed by atoms with Gasteiger partial charge in [-0.1, -0.05) is 29.8 Å². The zero-order chi connectivity index (χ0) is 17.9. The highest BCUT2D eigenvalue weighted by molar-refractivity contribution is 7.89. The number of carbonyl (C=O) groups excluding carboxylic acids is 1. The first-order valence-corrected chi connectivity index (χ1v) is 9.29. The van der Waals surface area contributed by atoms with Gasteiger partial charge in [0.25, 0.3) is 0 Å². The summed E-state index contributed by atoms with van der Waals surface area (Å²) in [6, 6.07) is 6.75. The Morgan fingerprint density at radius 2 is 2.00 bits per heavy atom. The molecular weight excluding hydrogens is 326 g/mol. The molecule has 130 valence electrons. The van der Waals surface area contributed by atoms with E-state index in [1.165, 1.54) is 10.4 Å². The second-order valence-electron chi connectivity index (χ2n) is 5.98. The first-order chi connectivity index (χ1) is 11.3. The molecule has 0 saturated carbocycles. The highest BCUT2D eigenvalue weighted by Crippen LogP contribution is 2.32. The van der Waals surface area contributed by atoms with Gasteiger partial charge in [-0.25, -0.2) is 13.2 Å². The van der Waals surface area contributed by atoms with Gasteiger partial charge in [0, 0.05) is 25.1 Å². The van der Waals surface area contributed by atoms with Crippen LogP contribution in [-0.2, 0) is 19.6 Å². The van der Waals surface area contributed by atoms with Gasteiger partial charge >= 0.3 is 5.97 Å². The van der Waals surface area contributed by atoms with Crippen LogP contribution in [0, 0.1) is 12.8 Å². The van der Waals surface area contributed by atoms with Crippen molar-refractivity contribution < 1.29 is 17.9 Å². The molecule has 0 radical (unpaired) electrons. The third-order valence-corrected chi connectivity index (χ3v) is 5.86. The van der Waals surface area contributed by atoms with Crippen molar-refractivity contribution in [3.05, 3.63) is 53.6 Å². The summed E-state index contributed by atoms with van der Waals surface area (Å²) >= 11 is 0. The Labute approximate surface area is 143 Å². The number of carbonyl (C=O) groups is 1. The van der Waals surface area contributed by atoms with E-state index < -0.39 is 16.0 Å². The Morgan fingerprint density at radius 3 is 2.54 bits per heavy atom. The highest BCUT2D eigenvalue weighted by Gasteiger charge is 2.36. The van der Waals surface area contributed by atoms with E-state index in [1.807, 2.05) is 13.8 Å². The van der Waals surface area contributed by atoms with Crippen LogP contribution in [-0.4, -0.2) is 38.4 Å². The summed E-state index contributed by atoms with van der Waals surface area (Å²) in [7, 11) is -3.60. The van der Waals surface area contributed by atoms with Gasteiger partial charge in [0.05, 0.1) is 11.5 Å². The molecule has 1 aliphatic rings. The molecule has 1 aromatic rings. The number of rotatable bonds is 5. The molecule has 24 heavy (non-hydrogen) atoms. The van der Waals surface area contributed by atoms with Crippen molar-refractivity contribution in [3.8, 4) is 0 Å². The third-order valence-electron chi connectivity index (χ3n) is 4.04. The Morgan fingerprint density at radius 1 is 1.38 bits per heavy atom. The number of nitrogens with zero attached hydrogens (tertiary/aromatic N) is 1. The summed E-state index contributed by atoms with van der Waals surface area (Å²) < 4.78 is 32.0. The molecule has 1 fully saturated rings. The van der Waals surface area contributed by atoms with Crippen LogP contribution in [0.25, 0.3) is 0 Å². The van der Waals surface area contributed by atoms with Gasteiger partial charge in [0.15, 0.2) is 0 Å². The van der Waals surface area contributed by atoms with Crippen LogP contribution < -0.4 is 0 Å². The molecule has 1 heterocycles. The molecule has 0 aliphatic carbocycles. The Kier molecular flexibility index (Phi) is 5.62. The zero-order valence-corrected chi connectivity index (χ0v) is 15.1. The van der Waals surface area contributed by atoms with Gasteiger partial charge in [-0.15, -0.1) is 0 Å². The monoisotopic (exact) mass is 349 g/mol. The molecule has 0 N–H and O–H groups in total. The van der Waals surface area contributed by atoms with E-state index in [0.717, 1.165) is 16.7 Å². The van der Waals surface area contributed by atoms with Crippen molar-refractivity contribution in [2.24, 2.45) is 5.92 Å². The van der Waals surface area contributed by atoms with Crippen LogP contribution >= 0.6 is 0 Å². The molecule has 1 atom stereocenters. The Hall–Kier alpha value is -1.92. The van der Waals surface area contributed by atoms with E-state index in [1.54, 1.807) is 31.2 Å². The quantitative estimate of drug-likeness (QED) is 0.466. The molecule has 1 saturated heterocycles. The molecule has 1 unspecified atom stereocenters. The maximum Gasteiger partial charge on any atom is 0.330 e. The largest absolute Gasteiger partial charge is 0.463 e. The van der Waals surface area contributed by atoms with E-state index in [0.29, 0.717) is 0 Å². The number of benzene rings is 1. The normalized spacial score (nSPS) is 20.3. The minimum atomic E-state index is -3.60. The van der Waals surface area contributed by atoms with Gasteiger partial charge in [-0.3, -0.25) is 0 Å². The molecule has 1 aromatic carbocycles. The minimum Gasteiger partial charge on any atom is -0.463 e. The lowest BCUT2D eigenvalue weighted by Crippen LogP contribution is -2.29. The number of sulfonamides is 1. The van der Waals surface area contributed by atoms with Crippen molar-refractivity contribution >= 4 is 16.0 Å². The average Bonchev–Trinajstić information content (AvgIpc) is 2.92. The van der Waals surface area contributed by atoms with E-state index >= 15 is 0 Å². The van der Waals surface area contributed by atoms with Crippen LogP contribution in [0.3, 0.4) is 0 Å². The SMILES string of the molecule is C=C(C)C1CN(S(=O)(=O)c2ccc(C)cc2)C/C1=C\C(=O)OCC. The summed E-state index contributed by atoms with van der Waals surface area (Å²) in [5.41, 5.74) is 2.54. The number of hydrogen-bond acceptors (Lipinski definition) is 4. The summed E-state index contributed by atoms with van der Waals surface area (Å²) in [5.74, 6) is -0.622. The van der Waals surface area contributed by atoms with Gasteiger partial charge in [-0.2, -0.15) is 4.31 Å². The minimum absolute atomic E-state index is 0.172. The molecule has 0 spiro atoms. The van der Waals surface area contributed by atoms with Crippen LogP contribution in [0.4, 0.5) is 0 Å². The van der Waals surface area contributed by atoms with Crippen molar-refractivity contribution in [1.82, 2.24) is 4.31 Å². The Bertz CT molecular complexity index is 763. The van der Waals surface area contributed by atoms with Crippen LogP contribution in [0.2, 0.25) is 0 Å². The van der Waals surface area contributed by atoms with Crippen molar-refractivity contribution in [1.29, 1.82) is 0 Å². The maximum absolute atomic E-state index is 12.8. The smallest absolute Gasteiger partial charge is 0.330 e. The standard InChI is InChI=1S/C18H23NO4S/c1-5-23-18(20)10-15-11-19(12-17(15)13(2)3)24(21,22)16-8-6-14(4)7-9-16/h6-10,17H,2,5,11-12H2,1,3-4H3/b15-10+. The fourth-order valence-corrected chi connectivity index (χ4v) is 4.14. The number of aryl methyl sites for hydroxylation is 1. The summed E-state index contributed by atoms with van der Waals surface area (Å²) in [6.07, 6.45) is 1.40. The maximum atomic E-state index is 12.8. The Balaban J connectivity index is 2.31. The molecule has 0 aromatic heterocycles. The summed E-state index contributed by atoms with van der Waals surface area (Å²) in [6.45, 7) is 10.1. The molecule has 0 bridgehead atoms. The number of hydrogen-bond donors (Lipinski definition) is 0. The predicted molar refractivity (Wildman–Crippen MR) is 93.0 cm³/mol. The third kappa shape index (κ3) is 3.94. The second kappa shape index (κ2) is 7.32. The van der Waals surface area contributed by atoms with Gasteiger partial charge in [0.2, 0.25) is 10.0 Å². The first-order valence-electron chi connectivity index (χ1n) is 7.85. The van der Waals surface area contributed by atoms with E-state index in [2.05, 4.69) is 6.58 Å². The van der Waals surface area contributed by atoms with Gasteiger partial charge in [0.1, 0.15) is 0 Å². The van der Waals surface area contributed by atoms with Crippen molar-refractivity contribution in [3.63, 3.8) is 0 Å². The molecule has 2 rings (SSSR count). The van der Waals surface area contributed by atoms with E-state index in [4.69, 9.17) is 4.74 Å². The topological polar surface area (TPSA) is 63.7 Å². The summed E-state index contributed by atoms with van der Waals surface area (Å²) in [5, 5.41) is 0. The first kappa shape index (κ1) is 18.4. The lowest BCUT2D eigenvalue weighted by Gasteiger charge is -2.16. The second-order valence-corrected chi connectivity index (χ2v) is 7.92. The molecular formula is C18H23NO4S. The van der Waals surface area contributed by atoms with Gasteiger partial charge < -0.3 is 4.74 Å². The lowest BCUT2D eigenvalue weighted by atomic mass is 9.96. The number of esters is 1. The van der Waals surface area contributed by atoms with Crippen LogP contribution in [0.1, 0.15) is 19.4 Å². The molecule has 6 heteroatoms. The van der Waals surface area contributed by atoms with Crippen LogP contribution in [0.5, 0.6) is 0 Å². The lowest BCUT2D eigenvalue weighted by molar-refractivity contribution is -0.137. The molecule has 1 aliphatic heterocycles. The number of ether oxygens (including phenoxy) is 1. The molecule has 5 nitrogen and oxygen atoms in total. The zero-order valence-electron chi connectivity index (χ0n) is 14.3. The van der Waals surface area contributed by atoms with Gasteiger partial charge in [-0.05, 0) is 38.5 Å². The van der Waals surface area contributed by atoms with Crippen molar-refractivity contribution in [2.75, 3.05) is 19.7 Å². The fraction of sp³-hybridized carbons (Fsp3) is 0.389. The average molecular weight is 349 g/mol. The predicted octanol–water partition coefficient (Wildman–Crippen LogP) is 2.68. The summed E-state index contributed by atoms with van der Waals surface area (Å²) in [4.78, 5) is 12.0. The van der Waals surface area contributed by atoms with E-state index in [9.17, 15) is 13.2 Å². The van der Waals surface area contributed by atoms with Crippen molar-refractivity contribution in [2.45, 2.75) is 25.7 Å².